The second kappa shape index (κ2) is 11.4. The molecule has 0 aliphatic heterocycles. The first kappa shape index (κ1) is 24.2. The van der Waals surface area contributed by atoms with E-state index in [-0.39, 0.29) is 18.2 Å². The van der Waals surface area contributed by atoms with Gasteiger partial charge in [0.25, 0.3) is 0 Å². The second-order valence-corrected chi connectivity index (χ2v) is 8.56. The fraction of sp³-hybridized carbons (Fsp3) is 0.480. The van der Waals surface area contributed by atoms with Crippen LogP contribution in [0, 0.1) is 11.3 Å². The molecule has 1 aliphatic rings. The third kappa shape index (κ3) is 6.51. The maximum Gasteiger partial charge on any atom is 0.227 e. The fourth-order valence-electron chi connectivity index (χ4n) is 4.31. The molecule has 1 N–H and O–H groups in total. The van der Waals surface area contributed by atoms with Crippen molar-refractivity contribution in [2.75, 3.05) is 6.54 Å². The van der Waals surface area contributed by atoms with Crippen LogP contribution < -0.4 is 5.32 Å². The summed E-state index contributed by atoms with van der Waals surface area (Å²) in [5.74, 6) is 0.734. The highest BCUT2D eigenvalue weighted by molar-refractivity contribution is 5.76. The zero-order valence-electron chi connectivity index (χ0n) is 19.2. The second-order valence-electron chi connectivity index (χ2n) is 8.56. The first-order chi connectivity index (χ1) is 16.0. The van der Waals surface area contributed by atoms with Crippen molar-refractivity contribution in [2.24, 2.45) is 0 Å². The molecule has 1 heterocycles. The highest BCUT2D eigenvalue weighted by Crippen LogP contribution is 2.34. The molecule has 0 spiro atoms. The Bertz CT molecular complexity index is 998. The third-order valence-corrected chi connectivity index (χ3v) is 5.98. The summed E-state index contributed by atoms with van der Waals surface area (Å²) in [6.07, 6.45) is 8.03. The van der Waals surface area contributed by atoms with Gasteiger partial charge in [0, 0.05) is 32.9 Å². The lowest BCUT2D eigenvalue weighted by Crippen LogP contribution is -2.45. The molecular weight excluding hydrogens is 418 g/mol. The number of rotatable bonds is 9. The van der Waals surface area contributed by atoms with E-state index < -0.39 is 5.54 Å². The molecule has 2 aromatic rings. The smallest absolute Gasteiger partial charge is 0.227 e. The predicted molar refractivity (Wildman–Crippen MR) is 123 cm³/mol. The molecule has 0 unspecified atom stereocenters. The van der Waals surface area contributed by atoms with E-state index in [0.717, 1.165) is 44.1 Å². The van der Waals surface area contributed by atoms with E-state index in [0.29, 0.717) is 36.8 Å². The highest BCUT2D eigenvalue weighted by atomic mass is 16.5. The minimum Gasteiger partial charge on any atom is -0.343 e. The van der Waals surface area contributed by atoms with Crippen LogP contribution in [0.25, 0.3) is 0 Å². The van der Waals surface area contributed by atoms with Crippen LogP contribution in [0.15, 0.2) is 41.4 Å². The molecule has 0 saturated heterocycles. The number of hydrogen-bond donors (Lipinski definition) is 1. The molecular formula is C25H31N5O3. The minimum absolute atomic E-state index is 0.0509. The van der Waals surface area contributed by atoms with Gasteiger partial charge in [-0.2, -0.15) is 10.2 Å². The van der Waals surface area contributed by atoms with Gasteiger partial charge in [0.15, 0.2) is 5.82 Å². The number of amides is 2. The lowest BCUT2D eigenvalue weighted by Gasteiger charge is -2.30. The molecule has 1 aromatic heterocycles. The van der Waals surface area contributed by atoms with Crippen molar-refractivity contribution in [3.8, 4) is 6.07 Å². The molecule has 0 bridgehead atoms. The number of hydrogen-bond acceptors (Lipinski definition) is 6. The minimum atomic E-state index is -0.599. The fourth-order valence-corrected chi connectivity index (χ4v) is 4.31. The molecule has 0 radical (unpaired) electrons. The van der Waals surface area contributed by atoms with Crippen molar-refractivity contribution in [2.45, 2.75) is 70.4 Å². The van der Waals surface area contributed by atoms with Gasteiger partial charge >= 0.3 is 0 Å². The zero-order valence-corrected chi connectivity index (χ0v) is 19.2. The first-order valence-electron chi connectivity index (χ1n) is 11.5. The molecule has 2 amide bonds. The lowest BCUT2D eigenvalue weighted by molar-refractivity contribution is -0.131. The van der Waals surface area contributed by atoms with Crippen molar-refractivity contribution in [3.63, 3.8) is 0 Å². The normalized spacial score (nSPS) is 15.2. The van der Waals surface area contributed by atoms with Gasteiger partial charge in [0.05, 0.1) is 11.6 Å². The van der Waals surface area contributed by atoms with Gasteiger partial charge in [-0.25, -0.2) is 0 Å². The predicted octanol–water partition coefficient (Wildman–Crippen LogP) is 3.77. The number of benzene rings is 1. The molecule has 1 aromatic carbocycles. The number of nitriles is 1. The largest absolute Gasteiger partial charge is 0.343 e. The van der Waals surface area contributed by atoms with Crippen LogP contribution in [-0.4, -0.2) is 33.4 Å². The van der Waals surface area contributed by atoms with Crippen LogP contribution >= 0.6 is 0 Å². The molecule has 3 rings (SSSR count). The van der Waals surface area contributed by atoms with Crippen LogP contribution in [-0.2, 0) is 28.1 Å². The van der Waals surface area contributed by atoms with Gasteiger partial charge in [0.1, 0.15) is 5.54 Å². The maximum atomic E-state index is 12.9. The summed E-state index contributed by atoms with van der Waals surface area (Å²) < 4.78 is 5.47. The van der Waals surface area contributed by atoms with Gasteiger partial charge in [-0.15, -0.1) is 6.58 Å². The Kier molecular flexibility index (Phi) is 8.36. The summed E-state index contributed by atoms with van der Waals surface area (Å²) >= 11 is 0. The van der Waals surface area contributed by atoms with Gasteiger partial charge in [-0.3, -0.25) is 9.59 Å². The highest BCUT2D eigenvalue weighted by Gasteiger charge is 2.38. The van der Waals surface area contributed by atoms with Crippen LogP contribution in [0.4, 0.5) is 0 Å². The summed E-state index contributed by atoms with van der Waals surface area (Å²) in [6.45, 7) is 6.10. The first-order valence-corrected chi connectivity index (χ1v) is 11.5. The summed E-state index contributed by atoms with van der Waals surface area (Å²) in [6, 6.07) is 9.27. The van der Waals surface area contributed by atoms with E-state index in [9.17, 15) is 9.59 Å². The number of aryl methyl sites for hydroxylation is 1. The Morgan fingerprint density at radius 1 is 1.24 bits per heavy atom. The third-order valence-electron chi connectivity index (χ3n) is 5.98. The van der Waals surface area contributed by atoms with E-state index >= 15 is 0 Å². The molecule has 8 nitrogen and oxygen atoms in total. The van der Waals surface area contributed by atoms with Crippen molar-refractivity contribution in [1.82, 2.24) is 20.4 Å². The molecule has 8 heteroatoms. The molecule has 1 saturated carbocycles. The van der Waals surface area contributed by atoms with E-state index in [1.165, 1.54) is 6.92 Å². The summed E-state index contributed by atoms with van der Waals surface area (Å²) in [7, 11) is 0. The van der Waals surface area contributed by atoms with Gasteiger partial charge in [-0.05, 0) is 30.5 Å². The van der Waals surface area contributed by atoms with Gasteiger partial charge in [-0.1, -0.05) is 49.0 Å². The number of carbonyl (C=O) groups excluding carboxylic acids is 2. The van der Waals surface area contributed by atoms with Crippen LogP contribution in [0.2, 0.25) is 0 Å². The van der Waals surface area contributed by atoms with E-state index in [1.807, 2.05) is 12.1 Å². The SMILES string of the molecule is C=CCN(Cc1ccc(C#N)cc1)C(=O)CCc1nc(C2(NC(C)=O)CCCCCC2)no1. The molecule has 0 atom stereocenters. The molecule has 1 fully saturated rings. The van der Waals surface area contributed by atoms with Crippen LogP contribution in [0.1, 0.15) is 74.7 Å². The van der Waals surface area contributed by atoms with Crippen molar-refractivity contribution >= 4 is 11.8 Å². The molecule has 1 aliphatic carbocycles. The maximum absolute atomic E-state index is 12.9. The van der Waals surface area contributed by atoms with Gasteiger partial charge < -0.3 is 14.7 Å². The lowest BCUT2D eigenvalue weighted by atomic mass is 9.89. The van der Waals surface area contributed by atoms with E-state index in [4.69, 9.17) is 9.78 Å². The van der Waals surface area contributed by atoms with Crippen LogP contribution in [0.3, 0.4) is 0 Å². The monoisotopic (exact) mass is 449 g/mol. The van der Waals surface area contributed by atoms with Crippen molar-refractivity contribution in [1.29, 1.82) is 5.26 Å². The topological polar surface area (TPSA) is 112 Å². The molecule has 33 heavy (non-hydrogen) atoms. The Balaban J connectivity index is 1.65. The number of aromatic nitrogens is 2. The van der Waals surface area contributed by atoms with E-state index in [1.54, 1.807) is 23.1 Å². The zero-order chi connectivity index (χ0) is 23.7. The standard InChI is InChI=1S/C25H31N5O3/c1-3-16-30(18-21-10-8-20(17-26)9-11-21)23(32)13-12-22-27-24(29-33-22)25(28-19(2)31)14-6-4-5-7-15-25/h3,8-11H,1,4-7,12-16,18H2,2H3,(H,28,31). The quantitative estimate of drug-likeness (QED) is 0.461. The number of nitrogens with one attached hydrogen (secondary N) is 1. The Morgan fingerprint density at radius 3 is 2.55 bits per heavy atom. The summed E-state index contributed by atoms with van der Waals surface area (Å²) in [5, 5.41) is 16.2. The summed E-state index contributed by atoms with van der Waals surface area (Å²) in [5.41, 5.74) is 0.923. The number of nitrogens with zero attached hydrogens (tertiary/aromatic N) is 4. The summed E-state index contributed by atoms with van der Waals surface area (Å²) in [4.78, 5) is 31.0. The Hall–Kier alpha value is -3.47. The Morgan fingerprint density at radius 2 is 1.94 bits per heavy atom. The van der Waals surface area contributed by atoms with Crippen molar-refractivity contribution in [3.05, 3.63) is 59.8 Å². The van der Waals surface area contributed by atoms with Gasteiger partial charge in [0.2, 0.25) is 17.7 Å². The van der Waals surface area contributed by atoms with Crippen LogP contribution in [0.5, 0.6) is 0 Å². The Labute approximate surface area is 194 Å². The average molecular weight is 450 g/mol. The average Bonchev–Trinajstić information content (AvgIpc) is 3.17. The molecule has 174 valence electrons. The van der Waals surface area contributed by atoms with E-state index in [2.05, 4.69) is 28.1 Å². The van der Waals surface area contributed by atoms with Crippen molar-refractivity contribution < 1.29 is 14.1 Å². The number of carbonyl (C=O) groups is 2.